The van der Waals surface area contributed by atoms with Crippen LogP contribution < -0.4 is 0 Å². The Morgan fingerprint density at radius 2 is 1.51 bits per heavy atom. The number of phenols is 2. The van der Waals surface area contributed by atoms with Crippen LogP contribution in [0.15, 0.2) is 64.8 Å². The Balaban J connectivity index is 1.63. The van der Waals surface area contributed by atoms with Crippen LogP contribution in [-0.2, 0) is 5.41 Å². The van der Waals surface area contributed by atoms with E-state index in [2.05, 4.69) is 25.8 Å². The Kier molecular flexibility index (Phi) is 7.71. The predicted octanol–water partition coefficient (Wildman–Crippen LogP) is 6.00. The van der Waals surface area contributed by atoms with Crippen LogP contribution in [-0.4, -0.2) is 50.8 Å². The third-order valence-corrected chi connectivity index (χ3v) is 6.74. The fraction of sp³-hybridized carbons (Fsp3) is 0.333. The molecule has 1 fully saturated rings. The topological polar surface area (TPSA) is 115 Å². The number of hydrogen-bond acceptors (Lipinski definition) is 6. The number of aromatic hydroxyl groups is 2. The summed E-state index contributed by atoms with van der Waals surface area (Å²) in [6.45, 7) is 6.22. The van der Waals surface area contributed by atoms with E-state index in [1.165, 1.54) is 12.1 Å². The summed E-state index contributed by atoms with van der Waals surface area (Å²) >= 11 is 0. The molecule has 7 nitrogen and oxygen atoms in total. The number of nitrogens with zero attached hydrogens (tertiary/aromatic N) is 3. The van der Waals surface area contributed by atoms with Crippen LogP contribution >= 0.6 is 0 Å². The molecule has 1 aliphatic rings. The Morgan fingerprint density at radius 1 is 0.892 bits per heavy atom. The van der Waals surface area contributed by atoms with E-state index in [0.717, 1.165) is 42.4 Å². The van der Waals surface area contributed by atoms with Gasteiger partial charge in [0.05, 0.1) is 17.6 Å². The lowest BCUT2D eigenvalue weighted by Crippen LogP contribution is -2.27. The zero-order valence-corrected chi connectivity index (χ0v) is 21.4. The average Bonchev–Trinajstić information content (AvgIpc) is 2.87. The van der Waals surface area contributed by atoms with Gasteiger partial charge in [0, 0.05) is 41.5 Å². The molecule has 0 unspecified atom stereocenters. The maximum atomic E-state index is 11.1. The Hall–Kier alpha value is -4.00. The highest BCUT2D eigenvalue weighted by molar-refractivity contribution is 5.91. The van der Waals surface area contributed by atoms with Crippen LogP contribution in [0.4, 0.5) is 0 Å². The largest absolute Gasteiger partial charge is 0.507 e. The lowest BCUT2D eigenvalue weighted by Gasteiger charge is -2.26. The Morgan fingerprint density at radius 3 is 2.08 bits per heavy atom. The van der Waals surface area contributed by atoms with E-state index in [4.69, 9.17) is 15.1 Å². The van der Waals surface area contributed by atoms with Gasteiger partial charge in [0.1, 0.15) is 11.5 Å². The van der Waals surface area contributed by atoms with Crippen molar-refractivity contribution in [1.82, 2.24) is 4.98 Å². The number of carbonyl (C=O) groups is 1. The van der Waals surface area contributed by atoms with Gasteiger partial charge in [0.15, 0.2) is 0 Å². The molecular formula is C30H33N3O4. The number of pyridine rings is 1. The van der Waals surface area contributed by atoms with Gasteiger partial charge in [-0.3, -0.25) is 15.0 Å². The minimum atomic E-state index is -1.09. The van der Waals surface area contributed by atoms with Crippen molar-refractivity contribution in [2.24, 2.45) is 9.98 Å². The molecule has 0 spiro atoms. The number of benzene rings is 2. The van der Waals surface area contributed by atoms with Crippen LogP contribution in [0.25, 0.3) is 11.1 Å². The van der Waals surface area contributed by atoms with Crippen molar-refractivity contribution < 1.29 is 20.1 Å². The maximum Gasteiger partial charge on any atom is 0.335 e. The minimum absolute atomic E-state index is 0.0261. The zero-order chi connectivity index (χ0) is 26.6. The van der Waals surface area contributed by atoms with Crippen molar-refractivity contribution in [3.63, 3.8) is 0 Å². The highest BCUT2D eigenvalue weighted by Gasteiger charge is 2.25. The molecule has 192 valence electrons. The van der Waals surface area contributed by atoms with Gasteiger partial charge in [0.25, 0.3) is 0 Å². The van der Waals surface area contributed by atoms with Crippen molar-refractivity contribution in [3.05, 3.63) is 77.1 Å². The molecule has 0 radical (unpaired) electrons. The normalized spacial score (nSPS) is 18.5. The third kappa shape index (κ3) is 6.23. The number of phenolic OH excluding ortho intramolecular Hbond substituents is 2. The number of carboxylic acid groups (broad SMARTS) is 1. The number of carboxylic acids is 1. The molecule has 3 N–H and O–H groups in total. The molecule has 0 amide bonds. The van der Waals surface area contributed by atoms with Crippen LogP contribution in [0, 0.1) is 0 Å². The number of aliphatic imine (C=N–C) groups is 2. The lowest BCUT2D eigenvalue weighted by atomic mass is 9.83. The molecule has 4 rings (SSSR count). The summed E-state index contributed by atoms with van der Waals surface area (Å²) in [6.07, 6.45) is 10.7. The quantitative estimate of drug-likeness (QED) is 0.360. The summed E-state index contributed by atoms with van der Waals surface area (Å²) < 4.78 is 0. The van der Waals surface area contributed by atoms with Gasteiger partial charge in [-0.2, -0.15) is 0 Å². The highest BCUT2D eigenvalue weighted by atomic mass is 16.4. The number of aromatic carboxylic acids is 1. The van der Waals surface area contributed by atoms with E-state index >= 15 is 0 Å². The number of aromatic nitrogens is 1. The van der Waals surface area contributed by atoms with E-state index in [9.17, 15) is 15.0 Å². The zero-order valence-electron chi connectivity index (χ0n) is 21.4. The van der Waals surface area contributed by atoms with Crippen LogP contribution in [0.1, 0.15) is 73.5 Å². The molecule has 0 aliphatic heterocycles. The van der Waals surface area contributed by atoms with Crippen molar-refractivity contribution in [1.29, 1.82) is 0 Å². The molecule has 0 bridgehead atoms. The second-order valence-corrected chi connectivity index (χ2v) is 10.5. The maximum absolute atomic E-state index is 11.1. The molecule has 1 heterocycles. The summed E-state index contributed by atoms with van der Waals surface area (Å²) in [4.78, 5) is 24.8. The monoisotopic (exact) mass is 499 g/mol. The molecule has 2 atom stereocenters. The molecule has 3 aromatic rings. The van der Waals surface area contributed by atoms with E-state index in [1.807, 2.05) is 24.3 Å². The first-order valence-corrected chi connectivity index (χ1v) is 12.5. The molecular weight excluding hydrogens is 466 g/mol. The van der Waals surface area contributed by atoms with E-state index in [1.54, 1.807) is 30.9 Å². The van der Waals surface area contributed by atoms with Crippen molar-refractivity contribution in [2.45, 2.75) is 64.0 Å². The third-order valence-electron chi connectivity index (χ3n) is 6.74. The summed E-state index contributed by atoms with van der Waals surface area (Å²) in [7, 11) is 0. The Labute approximate surface area is 217 Å². The van der Waals surface area contributed by atoms with Gasteiger partial charge in [-0.25, -0.2) is 4.79 Å². The number of hydrogen-bond donors (Lipinski definition) is 3. The molecule has 1 saturated carbocycles. The predicted molar refractivity (Wildman–Crippen MR) is 146 cm³/mol. The van der Waals surface area contributed by atoms with Crippen LogP contribution in [0.2, 0.25) is 0 Å². The first-order valence-electron chi connectivity index (χ1n) is 12.5. The summed E-state index contributed by atoms with van der Waals surface area (Å²) in [5.74, 6) is -0.980. The van der Waals surface area contributed by atoms with E-state index in [-0.39, 0.29) is 34.6 Å². The van der Waals surface area contributed by atoms with Gasteiger partial charge < -0.3 is 15.3 Å². The Bertz CT molecular complexity index is 1330. The van der Waals surface area contributed by atoms with Gasteiger partial charge in [0.2, 0.25) is 0 Å². The average molecular weight is 500 g/mol. The van der Waals surface area contributed by atoms with Gasteiger partial charge in [-0.05, 0) is 71.8 Å². The smallest absolute Gasteiger partial charge is 0.335 e. The summed E-state index contributed by atoms with van der Waals surface area (Å²) in [5, 5.41) is 30.4. The van der Waals surface area contributed by atoms with Crippen LogP contribution in [0.5, 0.6) is 11.5 Å². The molecule has 1 aromatic heterocycles. The van der Waals surface area contributed by atoms with Crippen molar-refractivity contribution >= 4 is 18.4 Å². The molecule has 0 saturated heterocycles. The summed E-state index contributed by atoms with van der Waals surface area (Å²) in [6, 6.07) is 12.0. The second-order valence-electron chi connectivity index (χ2n) is 10.5. The number of rotatable bonds is 6. The fourth-order valence-electron chi connectivity index (χ4n) is 4.62. The highest BCUT2D eigenvalue weighted by Crippen LogP contribution is 2.37. The first-order chi connectivity index (χ1) is 17.6. The van der Waals surface area contributed by atoms with Crippen molar-refractivity contribution in [2.75, 3.05) is 0 Å². The molecule has 1 aliphatic carbocycles. The fourth-order valence-corrected chi connectivity index (χ4v) is 4.62. The molecule has 7 heteroatoms. The van der Waals surface area contributed by atoms with E-state index < -0.39 is 5.97 Å². The van der Waals surface area contributed by atoms with Crippen LogP contribution in [0.3, 0.4) is 0 Å². The van der Waals surface area contributed by atoms with Crippen molar-refractivity contribution in [3.8, 4) is 22.6 Å². The standard InChI is InChI=1S/C30H33N3O4/c1-30(2,3)24-15-22(19-10-12-31-13-11-19)14-23(28(24)35)18-33-26-7-5-4-6-25(26)32-17-21-9-8-20(29(36)37)16-27(21)34/h8-18,25-26,34-35H,4-7H2,1-3H3,(H,36,37)/t25-,26-/m1/s1. The van der Waals surface area contributed by atoms with E-state index in [0.29, 0.717) is 11.1 Å². The van der Waals surface area contributed by atoms with Gasteiger partial charge in [-0.1, -0.05) is 33.6 Å². The summed E-state index contributed by atoms with van der Waals surface area (Å²) in [5.41, 5.74) is 3.75. The lowest BCUT2D eigenvalue weighted by molar-refractivity contribution is 0.0696. The molecule has 37 heavy (non-hydrogen) atoms. The first kappa shape index (κ1) is 26.1. The van der Waals surface area contributed by atoms with Gasteiger partial charge in [-0.15, -0.1) is 0 Å². The second kappa shape index (κ2) is 10.9. The minimum Gasteiger partial charge on any atom is -0.507 e. The SMILES string of the molecule is CC(C)(C)c1cc(-c2ccncc2)cc(C=N[C@@H]2CCCC[C@H]2N=Cc2ccc(C(=O)O)cc2O)c1O. The van der Waals surface area contributed by atoms with Gasteiger partial charge >= 0.3 is 5.97 Å². The molecule has 2 aromatic carbocycles.